The molecule has 0 spiro atoms. The Bertz CT molecular complexity index is 174. The van der Waals surface area contributed by atoms with Crippen molar-refractivity contribution < 1.29 is 4.74 Å². The van der Waals surface area contributed by atoms with Gasteiger partial charge in [-0.1, -0.05) is 12.8 Å². The monoisotopic (exact) mass is 217 g/mol. The van der Waals surface area contributed by atoms with Gasteiger partial charge in [-0.05, 0) is 25.2 Å². The third-order valence-electron chi connectivity index (χ3n) is 3.61. The summed E-state index contributed by atoms with van der Waals surface area (Å²) in [5, 5.41) is 3.67. The molecule has 1 heterocycles. The molecule has 0 bridgehead atoms. The standard InChI is InChI=1S/C11H20ClNO/c12-9-11(4-1-2-5-11)13-7-10-3-6-14-8-10/h10,13H,1-9H2. The zero-order valence-electron chi connectivity index (χ0n) is 8.73. The van der Waals surface area contributed by atoms with Crippen LogP contribution in [0.2, 0.25) is 0 Å². The van der Waals surface area contributed by atoms with Gasteiger partial charge in [-0.25, -0.2) is 0 Å². The molecule has 1 N–H and O–H groups in total. The lowest BCUT2D eigenvalue weighted by Gasteiger charge is -2.29. The zero-order valence-corrected chi connectivity index (χ0v) is 9.48. The molecule has 1 aliphatic heterocycles. The van der Waals surface area contributed by atoms with E-state index in [-0.39, 0.29) is 5.54 Å². The summed E-state index contributed by atoms with van der Waals surface area (Å²) in [6.45, 7) is 2.97. The first-order chi connectivity index (χ1) is 6.85. The zero-order chi connectivity index (χ0) is 9.86. The van der Waals surface area contributed by atoms with E-state index in [1.54, 1.807) is 0 Å². The molecule has 2 nitrogen and oxygen atoms in total. The van der Waals surface area contributed by atoms with Gasteiger partial charge >= 0.3 is 0 Å². The maximum absolute atomic E-state index is 6.06. The van der Waals surface area contributed by atoms with Crippen molar-refractivity contribution in [3.63, 3.8) is 0 Å². The number of nitrogens with one attached hydrogen (secondary N) is 1. The van der Waals surface area contributed by atoms with Crippen molar-refractivity contribution in [2.75, 3.05) is 25.6 Å². The van der Waals surface area contributed by atoms with Gasteiger partial charge in [-0.2, -0.15) is 0 Å². The van der Waals surface area contributed by atoms with Crippen LogP contribution in [0.1, 0.15) is 32.1 Å². The summed E-state index contributed by atoms with van der Waals surface area (Å²) in [5.74, 6) is 1.48. The van der Waals surface area contributed by atoms with Crippen molar-refractivity contribution in [2.24, 2.45) is 5.92 Å². The summed E-state index contributed by atoms with van der Waals surface area (Å²) in [4.78, 5) is 0. The Morgan fingerprint density at radius 2 is 2.14 bits per heavy atom. The molecule has 1 saturated heterocycles. The third-order valence-corrected chi connectivity index (χ3v) is 4.12. The summed E-state index contributed by atoms with van der Waals surface area (Å²) < 4.78 is 5.37. The lowest BCUT2D eigenvalue weighted by Crippen LogP contribution is -2.46. The molecule has 3 heteroatoms. The maximum atomic E-state index is 6.06. The Morgan fingerprint density at radius 3 is 2.71 bits per heavy atom. The van der Waals surface area contributed by atoms with E-state index in [0.29, 0.717) is 0 Å². The molecular weight excluding hydrogens is 198 g/mol. The van der Waals surface area contributed by atoms with Crippen LogP contribution in [0.4, 0.5) is 0 Å². The van der Waals surface area contributed by atoms with E-state index in [1.165, 1.54) is 32.1 Å². The van der Waals surface area contributed by atoms with Crippen molar-refractivity contribution in [2.45, 2.75) is 37.6 Å². The smallest absolute Gasteiger partial charge is 0.0507 e. The molecule has 14 heavy (non-hydrogen) atoms. The van der Waals surface area contributed by atoms with Gasteiger partial charge in [0.05, 0.1) is 6.61 Å². The summed E-state index contributed by atoms with van der Waals surface area (Å²) in [6, 6.07) is 0. The van der Waals surface area contributed by atoms with E-state index >= 15 is 0 Å². The first-order valence-corrected chi connectivity index (χ1v) is 6.27. The quantitative estimate of drug-likeness (QED) is 0.729. The SMILES string of the molecule is ClCC1(NCC2CCOC2)CCCC1. The first kappa shape index (κ1) is 10.7. The molecule has 2 aliphatic rings. The maximum Gasteiger partial charge on any atom is 0.0507 e. The second-order valence-electron chi connectivity index (χ2n) is 4.73. The van der Waals surface area contributed by atoms with Crippen molar-refractivity contribution in [3.8, 4) is 0 Å². The topological polar surface area (TPSA) is 21.3 Å². The van der Waals surface area contributed by atoms with Gasteiger partial charge in [-0.3, -0.25) is 0 Å². The predicted molar refractivity (Wildman–Crippen MR) is 58.8 cm³/mol. The van der Waals surface area contributed by atoms with E-state index in [4.69, 9.17) is 16.3 Å². The van der Waals surface area contributed by atoms with Crippen LogP contribution in [0.5, 0.6) is 0 Å². The van der Waals surface area contributed by atoms with Crippen LogP contribution in [0.3, 0.4) is 0 Å². The number of ether oxygens (including phenoxy) is 1. The average molecular weight is 218 g/mol. The summed E-state index contributed by atoms with van der Waals surface area (Å²) in [7, 11) is 0. The molecular formula is C11H20ClNO. The first-order valence-electron chi connectivity index (χ1n) is 5.73. The van der Waals surface area contributed by atoms with Crippen molar-refractivity contribution in [3.05, 3.63) is 0 Å². The number of alkyl halides is 1. The van der Waals surface area contributed by atoms with Gasteiger partial charge < -0.3 is 10.1 Å². The van der Waals surface area contributed by atoms with E-state index in [9.17, 15) is 0 Å². The second kappa shape index (κ2) is 4.82. The van der Waals surface area contributed by atoms with Crippen LogP contribution in [0.15, 0.2) is 0 Å². The Morgan fingerprint density at radius 1 is 1.36 bits per heavy atom. The molecule has 1 aliphatic carbocycles. The average Bonchev–Trinajstić information content (AvgIpc) is 2.87. The summed E-state index contributed by atoms with van der Waals surface area (Å²) >= 11 is 6.06. The van der Waals surface area contributed by atoms with Crippen molar-refractivity contribution >= 4 is 11.6 Å². The normalized spacial score (nSPS) is 31.1. The number of hydrogen-bond donors (Lipinski definition) is 1. The highest BCUT2D eigenvalue weighted by molar-refractivity contribution is 6.18. The lowest BCUT2D eigenvalue weighted by atomic mass is 9.98. The summed E-state index contributed by atoms with van der Waals surface area (Å²) in [5.41, 5.74) is 0.254. The number of rotatable bonds is 4. The highest BCUT2D eigenvalue weighted by atomic mass is 35.5. The minimum atomic E-state index is 0.254. The lowest BCUT2D eigenvalue weighted by molar-refractivity contribution is 0.182. The Labute approximate surface area is 91.3 Å². The molecule has 2 rings (SSSR count). The molecule has 1 saturated carbocycles. The number of hydrogen-bond acceptors (Lipinski definition) is 2. The largest absolute Gasteiger partial charge is 0.381 e. The molecule has 82 valence electrons. The van der Waals surface area contributed by atoms with Crippen LogP contribution >= 0.6 is 11.6 Å². The Kier molecular flexibility index (Phi) is 3.69. The van der Waals surface area contributed by atoms with Crippen molar-refractivity contribution in [1.29, 1.82) is 0 Å². The minimum absolute atomic E-state index is 0.254. The van der Waals surface area contributed by atoms with Crippen molar-refractivity contribution in [1.82, 2.24) is 5.32 Å². The molecule has 0 amide bonds. The van der Waals surface area contributed by atoms with E-state index in [1.807, 2.05) is 0 Å². The number of halogens is 1. The van der Waals surface area contributed by atoms with Gasteiger partial charge in [-0.15, -0.1) is 11.6 Å². The van der Waals surface area contributed by atoms with Gasteiger partial charge in [0.25, 0.3) is 0 Å². The third kappa shape index (κ3) is 2.41. The fourth-order valence-corrected chi connectivity index (χ4v) is 2.88. The van der Waals surface area contributed by atoms with Gasteiger partial charge in [0, 0.05) is 24.6 Å². The fourth-order valence-electron chi connectivity index (χ4n) is 2.51. The molecule has 2 fully saturated rings. The fraction of sp³-hybridized carbons (Fsp3) is 1.00. The molecule has 1 unspecified atom stereocenters. The van der Waals surface area contributed by atoms with E-state index < -0.39 is 0 Å². The van der Waals surface area contributed by atoms with E-state index in [0.717, 1.165) is 31.6 Å². The Hall–Kier alpha value is 0.210. The minimum Gasteiger partial charge on any atom is -0.381 e. The predicted octanol–water partition coefficient (Wildman–Crippen LogP) is 2.16. The Balaban J connectivity index is 1.76. The highest BCUT2D eigenvalue weighted by Gasteiger charge is 2.33. The highest BCUT2D eigenvalue weighted by Crippen LogP contribution is 2.31. The van der Waals surface area contributed by atoms with Crippen LogP contribution in [-0.4, -0.2) is 31.2 Å². The van der Waals surface area contributed by atoms with Gasteiger partial charge in [0.15, 0.2) is 0 Å². The van der Waals surface area contributed by atoms with Gasteiger partial charge in [0.1, 0.15) is 0 Å². The molecule has 0 aromatic rings. The van der Waals surface area contributed by atoms with Crippen LogP contribution < -0.4 is 5.32 Å². The van der Waals surface area contributed by atoms with Gasteiger partial charge in [0.2, 0.25) is 0 Å². The van der Waals surface area contributed by atoms with Crippen LogP contribution in [-0.2, 0) is 4.74 Å². The molecule has 1 atom stereocenters. The molecule has 0 radical (unpaired) electrons. The molecule has 0 aromatic heterocycles. The van der Waals surface area contributed by atoms with E-state index in [2.05, 4.69) is 5.32 Å². The second-order valence-corrected chi connectivity index (χ2v) is 5.00. The van der Waals surface area contributed by atoms with Crippen LogP contribution in [0, 0.1) is 5.92 Å². The van der Waals surface area contributed by atoms with Crippen LogP contribution in [0.25, 0.3) is 0 Å². The molecule has 0 aromatic carbocycles. The summed E-state index contributed by atoms with van der Waals surface area (Å²) in [6.07, 6.45) is 6.39.